The molecule has 0 saturated carbocycles. The van der Waals surface area contributed by atoms with E-state index in [2.05, 4.69) is 0 Å². The maximum absolute atomic E-state index is 12.4. The molecule has 0 aliphatic carbocycles. The molecule has 2 heterocycles. The van der Waals surface area contributed by atoms with Crippen LogP contribution in [0.3, 0.4) is 0 Å². The van der Waals surface area contributed by atoms with Gasteiger partial charge in [-0.2, -0.15) is 8.42 Å². The second kappa shape index (κ2) is 8.43. The zero-order valence-electron chi connectivity index (χ0n) is 17.7. The highest BCUT2D eigenvalue weighted by Gasteiger charge is 2.34. The Morgan fingerprint density at radius 3 is 2.67 bits per heavy atom. The molecule has 0 radical (unpaired) electrons. The van der Waals surface area contributed by atoms with E-state index in [0.717, 1.165) is 30.2 Å². The number of cyclic esters (lactones) is 1. The average Bonchev–Trinajstić information content (AvgIpc) is 2.85. The molecular formula is C20H28N2O7S. The molecule has 0 spiro atoms. The van der Waals surface area contributed by atoms with Crippen molar-refractivity contribution >= 4 is 28.0 Å². The molecule has 9 nitrogen and oxygen atoms in total. The van der Waals surface area contributed by atoms with E-state index < -0.39 is 27.9 Å². The lowest BCUT2D eigenvalue weighted by molar-refractivity contribution is 0.0236. The van der Waals surface area contributed by atoms with Crippen LogP contribution < -0.4 is 4.90 Å². The largest absolute Gasteiger partial charge is 0.444 e. The molecule has 166 valence electrons. The summed E-state index contributed by atoms with van der Waals surface area (Å²) in [6.45, 7) is 6.55. The number of aryl methyl sites for hydroxylation is 1. The summed E-state index contributed by atoms with van der Waals surface area (Å²) in [5, 5.41) is 0. The van der Waals surface area contributed by atoms with Gasteiger partial charge in [0.25, 0.3) is 10.1 Å². The van der Waals surface area contributed by atoms with Crippen LogP contribution in [0.4, 0.5) is 15.3 Å². The summed E-state index contributed by atoms with van der Waals surface area (Å²) in [6, 6.07) is 5.63. The van der Waals surface area contributed by atoms with Gasteiger partial charge in [-0.3, -0.25) is 9.08 Å². The molecule has 1 saturated heterocycles. The number of amides is 2. The molecule has 3 rings (SSSR count). The Hall–Kier alpha value is -2.33. The molecule has 1 unspecified atom stereocenters. The molecule has 1 aromatic rings. The minimum atomic E-state index is -3.60. The lowest BCUT2D eigenvalue weighted by atomic mass is 10.0. The van der Waals surface area contributed by atoms with Crippen LogP contribution in [-0.4, -0.2) is 63.2 Å². The van der Waals surface area contributed by atoms with Gasteiger partial charge in [-0.1, -0.05) is 6.07 Å². The van der Waals surface area contributed by atoms with Crippen LogP contribution in [0.2, 0.25) is 0 Å². The Morgan fingerprint density at radius 2 is 2.00 bits per heavy atom. The highest BCUT2D eigenvalue weighted by molar-refractivity contribution is 7.85. The van der Waals surface area contributed by atoms with Gasteiger partial charge in [0.2, 0.25) is 0 Å². The topological polar surface area (TPSA) is 102 Å². The number of carbonyl (C=O) groups is 2. The maximum Gasteiger partial charge on any atom is 0.414 e. The average molecular weight is 441 g/mol. The van der Waals surface area contributed by atoms with E-state index in [1.54, 1.807) is 11.0 Å². The summed E-state index contributed by atoms with van der Waals surface area (Å²) in [5.41, 5.74) is 2.18. The van der Waals surface area contributed by atoms with Gasteiger partial charge in [0.1, 0.15) is 18.3 Å². The van der Waals surface area contributed by atoms with E-state index >= 15 is 0 Å². The van der Waals surface area contributed by atoms with E-state index in [4.69, 9.17) is 13.7 Å². The van der Waals surface area contributed by atoms with Crippen molar-refractivity contribution in [1.29, 1.82) is 0 Å². The van der Waals surface area contributed by atoms with Crippen LogP contribution in [0.5, 0.6) is 0 Å². The zero-order chi connectivity index (χ0) is 22.1. The van der Waals surface area contributed by atoms with Crippen LogP contribution >= 0.6 is 0 Å². The SMILES string of the molecule is CC(C)(C)OC(=O)N1CCCc2cc(N3CC(COS(C)(=O)=O)OC3=O)ccc2C1. The fraction of sp³-hybridized carbons (Fsp3) is 0.600. The van der Waals surface area contributed by atoms with Crippen LogP contribution in [-0.2, 0) is 36.7 Å². The quantitative estimate of drug-likeness (QED) is 0.663. The molecule has 1 atom stereocenters. The van der Waals surface area contributed by atoms with Crippen LogP contribution in [0.15, 0.2) is 18.2 Å². The third kappa shape index (κ3) is 5.85. The summed E-state index contributed by atoms with van der Waals surface area (Å²) in [4.78, 5) is 27.9. The van der Waals surface area contributed by atoms with E-state index in [0.29, 0.717) is 18.8 Å². The molecule has 1 fully saturated rings. The number of carbonyl (C=O) groups excluding carboxylic acids is 2. The van der Waals surface area contributed by atoms with Crippen molar-refractivity contribution in [2.75, 3.05) is 30.9 Å². The van der Waals surface area contributed by atoms with E-state index in [-0.39, 0.29) is 19.2 Å². The first kappa shape index (κ1) is 22.4. The van der Waals surface area contributed by atoms with Gasteiger partial charge in [-0.05, 0) is 56.9 Å². The Balaban J connectivity index is 1.70. The second-order valence-corrected chi connectivity index (χ2v) is 10.2. The van der Waals surface area contributed by atoms with Gasteiger partial charge in [-0.25, -0.2) is 9.59 Å². The van der Waals surface area contributed by atoms with Gasteiger partial charge in [0.05, 0.1) is 12.8 Å². The molecule has 2 aliphatic heterocycles. The Labute approximate surface area is 177 Å². The molecule has 10 heteroatoms. The molecule has 2 amide bonds. The second-order valence-electron chi connectivity index (χ2n) is 8.56. The number of nitrogens with zero attached hydrogens (tertiary/aromatic N) is 2. The Bertz CT molecular complexity index is 924. The fourth-order valence-electron chi connectivity index (χ4n) is 3.41. The first-order valence-corrected chi connectivity index (χ1v) is 11.7. The van der Waals surface area contributed by atoms with Gasteiger partial charge >= 0.3 is 12.2 Å². The number of hydrogen-bond acceptors (Lipinski definition) is 7. The van der Waals surface area contributed by atoms with Gasteiger partial charge in [0, 0.05) is 18.8 Å². The molecular weight excluding hydrogens is 412 g/mol. The van der Waals surface area contributed by atoms with E-state index in [9.17, 15) is 18.0 Å². The molecule has 1 aromatic carbocycles. The summed E-state index contributed by atoms with van der Waals surface area (Å²) in [6.07, 6.45) is 0.969. The van der Waals surface area contributed by atoms with Gasteiger partial charge in [-0.15, -0.1) is 0 Å². The maximum atomic E-state index is 12.4. The summed E-state index contributed by atoms with van der Waals surface area (Å²) in [5.74, 6) is 0. The van der Waals surface area contributed by atoms with Crippen molar-refractivity contribution in [3.8, 4) is 0 Å². The first-order chi connectivity index (χ1) is 13.9. The van der Waals surface area contributed by atoms with Crippen LogP contribution in [0.1, 0.15) is 38.3 Å². The van der Waals surface area contributed by atoms with Gasteiger partial charge in [0.15, 0.2) is 0 Å². The highest BCUT2D eigenvalue weighted by atomic mass is 32.2. The lowest BCUT2D eigenvalue weighted by Crippen LogP contribution is -2.36. The van der Waals surface area contributed by atoms with Crippen molar-refractivity contribution in [2.24, 2.45) is 0 Å². The first-order valence-electron chi connectivity index (χ1n) is 9.83. The van der Waals surface area contributed by atoms with Crippen molar-refractivity contribution < 1.29 is 31.7 Å². The monoisotopic (exact) mass is 440 g/mol. The van der Waals surface area contributed by atoms with Crippen LogP contribution in [0.25, 0.3) is 0 Å². The summed E-state index contributed by atoms with van der Waals surface area (Å²) < 4.78 is 37.7. The zero-order valence-corrected chi connectivity index (χ0v) is 18.5. The van der Waals surface area contributed by atoms with Gasteiger partial charge < -0.3 is 14.4 Å². The Kier molecular flexibility index (Phi) is 6.28. The number of benzene rings is 1. The minimum Gasteiger partial charge on any atom is -0.444 e. The van der Waals surface area contributed by atoms with E-state index in [1.807, 2.05) is 32.9 Å². The third-order valence-electron chi connectivity index (χ3n) is 4.73. The van der Waals surface area contributed by atoms with Crippen LogP contribution in [0, 0.1) is 0 Å². The van der Waals surface area contributed by atoms with Crippen molar-refractivity contribution in [1.82, 2.24) is 4.90 Å². The smallest absolute Gasteiger partial charge is 0.414 e. The predicted octanol–water partition coefficient (Wildman–Crippen LogP) is 2.67. The Morgan fingerprint density at radius 1 is 1.27 bits per heavy atom. The summed E-state index contributed by atoms with van der Waals surface area (Å²) >= 11 is 0. The number of ether oxygens (including phenoxy) is 2. The number of rotatable bonds is 4. The molecule has 0 aromatic heterocycles. The molecule has 2 aliphatic rings. The predicted molar refractivity (Wildman–Crippen MR) is 110 cm³/mol. The fourth-order valence-corrected chi connectivity index (χ4v) is 3.81. The molecule has 0 N–H and O–H groups in total. The van der Waals surface area contributed by atoms with Crippen molar-refractivity contribution in [3.63, 3.8) is 0 Å². The standard InChI is InChI=1S/C20H28N2O7S/c1-20(2,3)29-18(23)21-9-5-6-14-10-16(8-7-15(14)11-21)22-12-17(28-19(22)24)13-27-30(4,25)26/h7-8,10,17H,5-6,9,11-13H2,1-4H3. The van der Waals surface area contributed by atoms with Crippen molar-refractivity contribution in [2.45, 2.75) is 51.9 Å². The highest BCUT2D eigenvalue weighted by Crippen LogP contribution is 2.28. The molecule has 0 bridgehead atoms. The number of hydrogen-bond donors (Lipinski definition) is 0. The lowest BCUT2D eigenvalue weighted by Gasteiger charge is -2.26. The summed E-state index contributed by atoms with van der Waals surface area (Å²) in [7, 11) is -3.60. The van der Waals surface area contributed by atoms with E-state index in [1.165, 1.54) is 4.90 Å². The normalized spacial score (nSPS) is 19.9. The minimum absolute atomic E-state index is 0.206. The number of fused-ring (bicyclic) bond motifs is 1. The third-order valence-corrected chi connectivity index (χ3v) is 5.29. The number of anilines is 1. The molecule has 30 heavy (non-hydrogen) atoms. The van der Waals surface area contributed by atoms with Crippen molar-refractivity contribution in [3.05, 3.63) is 29.3 Å².